The third-order valence-corrected chi connectivity index (χ3v) is 1.01. The second-order valence-electron chi connectivity index (χ2n) is 1.65. The Morgan fingerprint density at radius 3 is 2.00 bits per heavy atom. The fourth-order valence-electron chi connectivity index (χ4n) is 0.574. The second kappa shape index (κ2) is 4.43. The Balaban J connectivity index is 0.000000810. The zero-order valence-corrected chi connectivity index (χ0v) is 9.77. The van der Waals surface area contributed by atoms with E-state index < -0.39 is 5.97 Å². The number of carboxylic acid groups (broad SMARTS) is 1. The van der Waals surface area contributed by atoms with Crippen LogP contribution in [-0.2, 0) is 0 Å². The van der Waals surface area contributed by atoms with E-state index in [4.69, 9.17) is 0 Å². The van der Waals surface area contributed by atoms with Gasteiger partial charge >= 0.3 is 27.3 Å². The van der Waals surface area contributed by atoms with E-state index >= 15 is 0 Å². The first-order chi connectivity index (χ1) is 4.30. The first-order valence-electron chi connectivity index (χ1n) is 2.57. The summed E-state index contributed by atoms with van der Waals surface area (Å²) in [6, 6.07) is 8.06. The predicted octanol–water partition coefficient (Wildman–Crippen LogP) is -0.331. The minimum Gasteiger partial charge on any atom is -0.545 e. The van der Waals surface area contributed by atoms with Gasteiger partial charge in [-0.25, -0.2) is 0 Å². The van der Waals surface area contributed by atoms with E-state index in [0.717, 1.165) is 0 Å². The molecule has 0 saturated heterocycles. The summed E-state index contributed by atoms with van der Waals surface area (Å²) in [5.74, 6) is -1.13. The smallest absolute Gasteiger partial charge is 0.545 e. The van der Waals surface area contributed by atoms with Gasteiger partial charge in [-0.05, 0) is 5.56 Å². The number of carbonyl (C=O) groups is 1. The Kier molecular flexibility index (Phi) is 4.26. The Morgan fingerprint density at radius 1 is 1.20 bits per heavy atom. The summed E-state index contributed by atoms with van der Waals surface area (Å²) < 4.78 is 0. The Bertz CT molecular complexity index is 208. The number of carbonyl (C=O) groups excluding carboxylic acids is 1. The third-order valence-electron chi connectivity index (χ3n) is 1.01. The summed E-state index contributed by atoms with van der Waals surface area (Å²) in [6.45, 7) is 0. The van der Waals surface area contributed by atoms with E-state index in [9.17, 15) is 9.90 Å². The van der Waals surface area contributed by atoms with Crippen molar-refractivity contribution in [1.82, 2.24) is 0 Å². The molecule has 0 bridgehead atoms. The second-order valence-corrected chi connectivity index (χ2v) is 1.65. The molecule has 0 saturated carbocycles. The number of carboxylic acids is 1. The van der Waals surface area contributed by atoms with Gasteiger partial charge in [-0.15, -0.1) is 0 Å². The van der Waals surface area contributed by atoms with Crippen LogP contribution in [-0.4, -0.2) is 33.3 Å². The van der Waals surface area contributed by atoms with Crippen LogP contribution in [0.3, 0.4) is 0 Å². The Labute approximate surface area is 79.0 Å². The molecule has 0 fully saturated rings. The Hall–Kier alpha value is -0.388. The summed E-state index contributed by atoms with van der Waals surface area (Å²) in [5.41, 5.74) is 0.220. The molecule has 0 atom stereocenters. The molecule has 0 aliphatic rings. The first-order valence-corrected chi connectivity index (χ1v) is 2.57. The van der Waals surface area contributed by atoms with Gasteiger partial charge in [-0.1, -0.05) is 30.3 Å². The third kappa shape index (κ3) is 2.47. The van der Waals surface area contributed by atoms with Crippen molar-refractivity contribution in [2.24, 2.45) is 0 Å². The first kappa shape index (κ1) is 9.61. The average molecular weight is 325 g/mol. The van der Waals surface area contributed by atoms with Crippen molar-refractivity contribution in [2.45, 2.75) is 0 Å². The standard InChI is InChI=1S/C7H6O2.Tl/c8-7(9)6-4-2-1-3-5-6;/h1-5H,(H,8,9);/q;+1/p-1. The van der Waals surface area contributed by atoms with E-state index in [2.05, 4.69) is 0 Å². The van der Waals surface area contributed by atoms with Crippen LogP contribution < -0.4 is 5.11 Å². The topological polar surface area (TPSA) is 40.1 Å². The average Bonchev–Trinajstić information content (AvgIpc) is 1.90. The van der Waals surface area contributed by atoms with Gasteiger partial charge in [0.15, 0.2) is 0 Å². The van der Waals surface area contributed by atoms with Crippen molar-refractivity contribution in [3.05, 3.63) is 35.9 Å². The summed E-state index contributed by atoms with van der Waals surface area (Å²) in [5, 5.41) is 10.1. The van der Waals surface area contributed by atoms with Crippen LogP contribution in [0.15, 0.2) is 30.3 Å². The van der Waals surface area contributed by atoms with E-state index in [1.54, 1.807) is 18.2 Å². The molecule has 0 N–H and O–H groups in total. The van der Waals surface area contributed by atoms with Crippen molar-refractivity contribution < 1.29 is 9.90 Å². The molecule has 3 heteroatoms. The maximum Gasteiger partial charge on any atom is 1.00 e. The van der Waals surface area contributed by atoms with Crippen molar-refractivity contribution in [2.75, 3.05) is 0 Å². The van der Waals surface area contributed by atoms with E-state index in [1.807, 2.05) is 0 Å². The van der Waals surface area contributed by atoms with Gasteiger partial charge in [-0.3, -0.25) is 0 Å². The molecule has 0 aliphatic heterocycles. The minimum absolute atomic E-state index is 0. The molecule has 0 aliphatic carbocycles. The molecular weight excluding hydrogens is 320 g/mol. The van der Waals surface area contributed by atoms with Gasteiger partial charge in [0.25, 0.3) is 0 Å². The molecule has 0 radical (unpaired) electrons. The number of aromatic carboxylic acids is 1. The van der Waals surface area contributed by atoms with E-state index in [1.165, 1.54) is 12.1 Å². The predicted molar refractivity (Wildman–Crippen MR) is 36.5 cm³/mol. The van der Waals surface area contributed by atoms with Gasteiger partial charge in [0.1, 0.15) is 0 Å². The van der Waals surface area contributed by atoms with E-state index in [0.29, 0.717) is 0 Å². The van der Waals surface area contributed by atoms with Crippen LogP contribution in [0.4, 0.5) is 0 Å². The largest absolute Gasteiger partial charge is 1.00 e. The summed E-state index contributed by atoms with van der Waals surface area (Å²) >= 11 is 0. The fraction of sp³-hybridized carbons (Fsp3) is 0. The number of hydrogen-bond donors (Lipinski definition) is 0. The molecule has 2 nitrogen and oxygen atoms in total. The molecule has 1 aromatic rings. The fourth-order valence-corrected chi connectivity index (χ4v) is 0.574. The molecule has 0 unspecified atom stereocenters. The molecule has 0 heterocycles. The normalized spacial score (nSPS) is 8.00. The van der Waals surface area contributed by atoms with Gasteiger partial charge in [0.2, 0.25) is 0 Å². The van der Waals surface area contributed by atoms with Crippen LogP contribution in [0.5, 0.6) is 0 Å². The van der Waals surface area contributed by atoms with Crippen LogP contribution in [0.1, 0.15) is 10.4 Å². The van der Waals surface area contributed by atoms with Crippen LogP contribution in [0, 0.1) is 0 Å². The monoisotopic (exact) mass is 326 g/mol. The summed E-state index contributed by atoms with van der Waals surface area (Å²) in [6.07, 6.45) is 0. The van der Waals surface area contributed by atoms with E-state index in [-0.39, 0.29) is 32.9 Å². The summed E-state index contributed by atoms with van der Waals surface area (Å²) in [4.78, 5) is 10.1. The number of benzene rings is 1. The molecule has 1 rings (SSSR count). The Morgan fingerprint density at radius 2 is 1.70 bits per heavy atom. The quantitative estimate of drug-likeness (QED) is 0.664. The maximum absolute atomic E-state index is 10.1. The maximum atomic E-state index is 10.1. The van der Waals surface area contributed by atoms with Crippen LogP contribution in [0.2, 0.25) is 0 Å². The van der Waals surface area contributed by atoms with Crippen LogP contribution in [0.25, 0.3) is 0 Å². The molecular formula is C7H5O2Tl. The zero-order valence-electron chi connectivity index (χ0n) is 5.28. The number of rotatable bonds is 1. The molecule has 48 valence electrons. The molecule has 0 spiro atoms. The molecule has 0 aromatic heterocycles. The van der Waals surface area contributed by atoms with Gasteiger partial charge < -0.3 is 9.90 Å². The minimum atomic E-state index is -1.13. The van der Waals surface area contributed by atoms with Crippen molar-refractivity contribution in [1.29, 1.82) is 0 Å². The van der Waals surface area contributed by atoms with Gasteiger partial charge in [0.05, 0.1) is 5.97 Å². The van der Waals surface area contributed by atoms with Crippen molar-refractivity contribution >= 4 is 33.3 Å². The van der Waals surface area contributed by atoms with Gasteiger partial charge in [-0.2, -0.15) is 0 Å². The molecule has 1 aromatic carbocycles. The summed E-state index contributed by atoms with van der Waals surface area (Å²) in [7, 11) is 0. The molecule has 10 heavy (non-hydrogen) atoms. The SMILES string of the molecule is O=C([O-])c1ccccc1.[Tl+]. The van der Waals surface area contributed by atoms with Gasteiger partial charge in [0, 0.05) is 0 Å². The van der Waals surface area contributed by atoms with Crippen LogP contribution >= 0.6 is 0 Å². The molecule has 0 amide bonds. The zero-order chi connectivity index (χ0) is 6.69. The van der Waals surface area contributed by atoms with Crippen molar-refractivity contribution in [3.63, 3.8) is 0 Å². The van der Waals surface area contributed by atoms with Crippen molar-refractivity contribution in [3.8, 4) is 0 Å². The number of hydrogen-bond acceptors (Lipinski definition) is 2.